The molecule has 0 amide bonds. The fourth-order valence-electron chi connectivity index (χ4n) is 1.12. The average Bonchev–Trinajstić information content (AvgIpc) is 2.52. The summed E-state index contributed by atoms with van der Waals surface area (Å²) in [5.74, 6) is -1.10. The van der Waals surface area contributed by atoms with E-state index < -0.39 is 18.0 Å². The average molecular weight is 286 g/mol. The first kappa shape index (κ1) is 18.0. The first-order valence-corrected chi connectivity index (χ1v) is 5.67. The van der Waals surface area contributed by atoms with Gasteiger partial charge in [0, 0.05) is 0 Å². The third kappa shape index (κ3) is 5.79. The Hall–Kier alpha value is -1.96. The Bertz CT molecular complexity index is 391. The van der Waals surface area contributed by atoms with E-state index in [0.717, 1.165) is 0 Å². The number of carbonyl (C=O) groups is 2. The molecule has 7 heteroatoms. The summed E-state index contributed by atoms with van der Waals surface area (Å²) in [6, 6.07) is 6.33. The van der Waals surface area contributed by atoms with Gasteiger partial charge in [-0.2, -0.15) is 0 Å². The Morgan fingerprint density at radius 2 is 1.35 bits per heavy atom. The van der Waals surface area contributed by atoms with Crippen molar-refractivity contribution < 1.29 is 34.4 Å². The van der Waals surface area contributed by atoms with Crippen LogP contribution in [0.1, 0.15) is 20.7 Å². The molecule has 0 saturated heterocycles. The van der Waals surface area contributed by atoms with Gasteiger partial charge in [0.05, 0.1) is 38.6 Å². The van der Waals surface area contributed by atoms with Crippen LogP contribution >= 0.6 is 0 Å². The molecule has 0 spiro atoms. The van der Waals surface area contributed by atoms with Gasteiger partial charge in [-0.1, -0.05) is 12.1 Å². The molecule has 0 aromatic heterocycles. The van der Waals surface area contributed by atoms with E-state index in [0.29, 0.717) is 0 Å². The predicted octanol–water partition coefficient (Wildman–Crippen LogP) is -0.408. The Morgan fingerprint density at radius 1 is 1.00 bits per heavy atom. The van der Waals surface area contributed by atoms with E-state index in [1.807, 2.05) is 0 Å². The second-order valence-corrected chi connectivity index (χ2v) is 3.55. The molecule has 20 heavy (non-hydrogen) atoms. The van der Waals surface area contributed by atoms with E-state index in [9.17, 15) is 9.59 Å². The van der Waals surface area contributed by atoms with E-state index in [1.165, 1.54) is 26.4 Å². The minimum atomic E-state index is -0.954. The quantitative estimate of drug-likeness (QED) is 0.645. The van der Waals surface area contributed by atoms with Crippen LogP contribution in [0.4, 0.5) is 0 Å². The molecular weight excluding hydrogens is 268 g/mol. The molecule has 0 atom stereocenters. The topological polar surface area (TPSA) is 113 Å². The van der Waals surface area contributed by atoms with Gasteiger partial charge >= 0.3 is 11.9 Å². The third-order valence-electron chi connectivity index (χ3n) is 2.16. The van der Waals surface area contributed by atoms with Crippen LogP contribution in [-0.2, 0) is 9.47 Å². The van der Waals surface area contributed by atoms with Crippen molar-refractivity contribution >= 4 is 11.9 Å². The van der Waals surface area contributed by atoms with Crippen LogP contribution in [0.2, 0.25) is 0 Å². The second kappa shape index (κ2) is 9.90. The lowest BCUT2D eigenvalue weighted by Gasteiger charge is -2.04. The van der Waals surface area contributed by atoms with Crippen molar-refractivity contribution in [3.63, 3.8) is 0 Å². The number of ether oxygens (including phenoxy) is 2. The highest BCUT2D eigenvalue weighted by Gasteiger charge is 2.16. The minimum absolute atomic E-state index is 0.210. The van der Waals surface area contributed by atoms with E-state index in [2.05, 4.69) is 9.47 Å². The molecule has 0 bridgehead atoms. The van der Waals surface area contributed by atoms with Crippen LogP contribution in [0.5, 0.6) is 0 Å². The van der Waals surface area contributed by atoms with E-state index >= 15 is 0 Å². The summed E-state index contributed by atoms with van der Waals surface area (Å²) >= 11 is 0. The number of carbonyl (C=O) groups excluding carboxylic acids is 2. The van der Waals surface area contributed by atoms with Gasteiger partial charge in [0.2, 0.25) is 0 Å². The summed E-state index contributed by atoms with van der Waals surface area (Å²) < 4.78 is 9.05. The lowest BCUT2D eigenvalue weighted by Crippen LogP contribution is -2.15. The summed E-state index contributed by atoms with van der Waals surface area (Å²) in [7, 11) is 2.52. The number of aliphatic hydroxyl groups excluding tert-OH is 3. The van der Waals surface area contributed by atoms with Crippen molar-refractivity contribution in [1.82, 2.24) is 0 Å². The predicted molar refractivity (Wildman–Crippen MR) is 69.3 cm³/mol. The summed E-state index contributed by atoms with van der Waals surface area (Å²) in [5, 5.41) is 24.0. The fraction of sp³-hybridized carbons (Fsp3) is 0.385. The molecule has 3 N–H and O–H groups in total. The number of aliphatic hydroxyl groups is 3. The van der Waals surface area contributed by atoms with E-state index in [-0.39, 0.29) is 24.3 Å². The van der Waals surface area contributed by atoms with Crippen molar-refractivity contribution in [3.05, 3.63) is 35.4 Å². The Labute approximate surface area is 116 Å². The molecule has 0 fully saturated rings. The number of hydrogen-bond donors (Lipinski definition) is 3. The van der Waals surface area contributed by atoms with Crippen molar-refractivity contribution in [2.24, 2.45) is 0 Å². The lowest BCUT2D eigenvalue weighted by atomic mass is 10.1. The van der Waals surface area contributed by atoms with Gasteiger partial charge in [-0.05, 0) is 12.1 Å². The van der Waals surface area contributed by atoms with E-state index in [4.69, 9.17) is 15.3 Å². The molecule has 112 valence electrons. The molecule has 0 aliphatic carbocycles. The molecule has 0 saturated carbocycles. The smallest absolute Gasteiger partial charge is 0.338 e. The number of esters is 2. The maximum atomic E-state index is 11.2. The van der Waals surface area contributed by atoms with Gasteiger partial charge in [-0.25, -0.2) is 9.59 Å². The first-order valence-electron chi connectivity index (χ1n) is 5.67. The van der Waals surface area contributed by atoms with Crippen molar-refractivity contribution in [1.29, 1.82) is 0 Å². The maximum absolute atomic E-state index is 11.2. The number of benzene rings is 1. The largest absolute Gasteiger partial charge is 0.465 e. The van der Waals surface area contributed by atoms with Gasteiger partial charge in [0.25, 0.3) is 0 Å². The number of rotatable bonds is 4. The fourth-order valence-corrected chi connectivity index (χ4v) is 1.12. The second-order valence-electron chi connectivity index (χ2n) is 3.55. The van der Waals surface area contributed by atoms with Crippen molar-refractivity contribution in [3.8, 4) is 0 Å². The highest BCUT2D eigenvalue weighted by molar-refractivity contribution is 6.02. The van der Waals surface area contributed by atoms with Crippen molar-refractivity contribution in [2.75, 3.05) is 27.4 Å². The molecule has 1 rings (SSSR count). The maximum Gasteiger partial charge on any atom is 0.338 e. The highest BCUT2D eigenvalue weighted by Crippen LogP contribution is 2.10. The number of hydrogen-bond acceptors (Lipinski definition) is 7. The third-order valence-corrected chi connectivity index (χ3v) is 2.16. The Kier molecular flexibility index (Phi) is 8.93. The number of methoxy groups -OCH3 is 2. The van der Waals surface area contributed by atoms with Crippen molar-refractivity contribution in [2.45, 2.75) is 6.10 Å². The summed E-state index contributed by atoms with van der Waals surface area (Å²) in [6.07, 6.45) is -0.954. The van der Waals surface area contributed by atoms with Gasteiger partial charge in [0.1, 0.15) is 6.10 Å². The summed E-state index contributed by atoms with van der Waals surface area (Å²) in [5.41, 5.74) is 0.420. The summed E-state index contributed by atoms with van der Waals surface area (Å²) in [6.45, 7) is -0.729. The van der Waals surface area contributed by atoms with Gasteiger partial charge < -0.3 is 24.8 Å². The van der Waals surface area contributed by atoms with Gasteiger partial charge in [-0.15, -0.1) is 0 Å². The zero-order chi connectivity index (χ0) is 15.5. The zero-order valence-electron chi connectivity index (χ0n) is 11.3. The van der Waals surface area contributed by atoms with Crippen LogP contribution in [0, 0.1) is 0 Å². The summed E-state index contributed by atoms with van der Waals surface area (Å²) in [4.78, 5) is 22.4. The minimum Gasteiger partial charge on any atom is -0.465 e. The SMILES string of the molecule is COC(=O)c1ccccc1C(=O)OC.OCC(O)CO. The van der Waals surface area contributed by atoms with Crippen LogP contribution in [0.25, 0.3) is 0 Å². The zero-order valence-corrected chi connectivity index (χ0v) is 11.3. The molecule has 0 radical (unpaired) electrons. The molecular formula is C13H18O7. The standard InChI is InChI=1S/C10H10O4.C3H8O3/c1-13-9(11)7-5-3-4-6-8(7)10(12)14-2;4-1-3(6)2-5/h3-6H,1-2H3;3-6H,1-2H2. The molecule has 0 aliphatic rings. The molecule has 0 heterocycles. The molecule has 0 unspecified atom stereocenters. The van der Waals surface area contributed by atoms with Crippen LogP contribution in [0.15, 0.2) is 24.3 Å². The van der Waals surface area contributed by atoms with Crippen LogP contribution < -0.4 is 0 Å². The Balaban J connectivity index is 0.000000511. The van der Waals surface area contributed by atoms with E-state index in [1.54, 1.807) is 12.1 Å². The molecule has 0 aliphatic heterocycles. The Morgan fingerprint density at radius 3 is 1.55 bits per heavy atom. The normalized spacial score (nSPS) is 9.50. The van der Waals surface area contributed by atoms with Crippen LogP contribution in [0.3, 0.4) is 0 Å². The van der Waals surface area contributed by atoms with Crippen LogP contribution in [-0.4, -0.2) is 60.8 Å². The van der Waals surface area contributed by atoms with Gasteiger partial charge in [0.15, 0.2) is 0 Å². The molecule has 7 nitrogen and oxygen atoms in total. The highest BCUT2D eigenvalue weighted by atomic mass is 16.5. The lowest BCUT2D eigenvalue weighted by molar-refractivity contribution is 0.0450. The monoisotopic (exact) mass is 286 g/mol. The first-order chi connectivity index (χ1) is 9.51. The molecule has 1 aromatic rings. The molecule has 1 aromatic carbocycles. The van der Waals surface area contributed by atoms with Gasteiger partial charge in [-0.3, -0.25) is 0 Å².